The third-order valence-corrected chi connectivity index (χ3v) is 4.98. The Bertz CT molecular complexity index is 459. The predicted molar refractivity (Wildman–Crippen MR) is 84.9 cm³/mol. The highest BCUT2D eigenvalue weighted by molar-refractivity contribution is 9.10. The summed E-state index contributed by atoms with van der Waals surface area (Å²) in [7, 11) is 0. The fraction of sp³-hybridized carbons (Fsp3) is 0.625. The summed E-state index contributed by atoms with van der Waals surface area (Å²) in [5.41, 5.74) is 0.491. The van der Waals surface area contributed by atoms with Gasteiger partial charge in [-0.2, -0.15) is 0 Å². The van der Waals surface area contributed by atoms with E-state index >= 15 is 0 Å². The lowest BCUT2D eigenvalue weighted by Crippen LogP contribution is -2.58. The van der Waals surface area contributed by atoms with Crippen LogP contribution >= 0.6 is 15.9 Å². The first-order chi connectivity index (χ1) is 9.95. The molecule has 1 aromatic carbocycles. The fourth-order valence-electron chi connectivity index (χ4n) is 2.92. The van der Waals surface area contributed by atoms with Gasteiger partial charge in [-0.3, -0.25) is 4.90 Å². The first-order valence-electron chi connectivity index (χ1n) is 7.41. The van der Waals surface area contributed by atoms with E-state index in [2.05, 4.69) is 34.7 Å². The van der Waals surface area contributed by atoms with Crippen LogP contribution in [0.25, 0.3) is 0 Å². The standard InChI is InChI=1S/C16H23BrFNO2/c1-3-16(2,19-4-6-21-7-5-19)15(20)10-12-8-13(17)11-14(18)9-12/h8-9,11,15,20H,3-7,10H2,1-2H3. The highest BCUT2D eigenvalue weighted by Crippen LogP contribution is 2.28. The molecule has 1 fully saturated rings. The van der Waals surface area contributed by atoms with Crippen LogP contribution in [0, 0.1) is 5.82 Å². The van der Waals surface area contributed by atoms with E-state index in [1.807, 2.05) is 6.07 Å². The molecule has 118 valence electrons. The number of aliphatic hydroxyl groups is 1. The number of aliphatic hydroxyl groups excluding tert-OH is 1. The van der Waals surface area contributed by atoms with Gasteiger partial charge in [0.2, 0.25) is 0 Å². The van der Waals surface area contributed by atoms with Crippen LogP contribution < -0.4 is 0 Å². The lowest BCUT2D eigenvalue weighted by molar-refractivity contribution is -0.0714. The minimum atomic E-state index is -0.547. The average Bonchev–Trinajstić information content (AvgIpc) is 2.46. The molecular weight excluding hydrogens is 337 g/mol. The van der Waals surface area contributed by atoms with E-state index in [1.165, 1.54) is 12.1 Å². The Labute approximate surface area is 134 Å². The summed E-state index contributed by atoms with van der Waals surface area (Å²) in [5, 5.41) is 10.7. The van der Waals surface area contributed by atoms with Crippen molar-refractivity contribution in [3.05, 3.63) is 34.1 Å². The summed E-state index contributed by atoms with van der Waals surface area (Å²) in [6.07, 6.45) is 0.734. The molecule has 1 saturated heterocycles. The first-order valence-corrected chi connectivity index (χ1v) is 8.21. The normalized spacial score (nSPS) is 21.0. The summed E-state index contributed by atoms with van der Waals surface area (Å²) in [4.78, 5) is 2.29. The lowest BCUT2D eigenvalue weighted by Gasteiger charge is -2.46. The van der Waals surface area contributed by atoms with Gasteiger partial charge in [-0.15, -0.1) is 0 Å². The van der Waals surface area contributed by atoms with Crippen molar-refractivity contribution < 1.29 is 14.2 Å². The number of morpholine rings is 1. The van der Waals surface area contributed by atoms with E-state index in [0.717, 1.165) is 25.1 Å². The van der Waals surface area contributed by atoms with Gasteiger partial charge in [-0.05, 0) is 37.1 Å². The molecule has 0 bridgehead atoms. The van der Waals surface area contributed by atoms with Crippen molar-refractivity contribution in [1.29, 1.82) is 0 Å². The Balaban J connectivity index is 2.13. The van der Waals surface area contributed by atoms with E-state index in [-0.39, 0.29) is 11.4 Å². The molecule has 0 amide bonds. The van der Waals surface area contributed by atoms with Crippen LogP contribution in [0.4, 0.5) is 4.39 Å². The topological polar surface area (TPSA) is 32.7 Å². The van der Waals surface area contributed by atoms with Crippen LogP contribution in [-0.4, -0.2) is 48.0 Å². The van der Waals surface area contributed by atoms with Gasteiger partial charge in [-0.1, -0.05) is 22.9 Å². The Morgan fingerprint density at radius 2 is 2.05 bits per heavy atom. The maximum atomic E-state index is 13.5. The number of rotatable bonds is 5. The average molecular weight is 360 g/mol. The summed E-state index contributed by atoms with van der Waals surface area (Å²) < 4.78 is 19.6. The molecule has 1 aliphatic heterocycles. The number of halogens is 2. The van der Waals surface area contributed by atoms with Crippen molar-refractivity contribution in [1.82, 2.24) is 4.90 Å². The zero-order chi connectivity index (χ0) is 15.5. The SMILES string of the molecule is CCC(C)(C(O)Cc1cc(F)cc(Br)c1)N1CCOCC1. The molecule has 21 heavy (non-hydrogen) atoms. The van der Waals surface area contributed by atoms with Crippen LogP contribution in [0.5, 0.6) is 0 Å². The van der Waals surface area contributed by atoms with Gasteiger partial charge in [-0.25, -0.2) is 4.39 Å². The minimum Gasteiger partial charge on any atom is -0.391 e. The maximum Gasteiger partial charge on any atom is 0.124 e. The van der Waals surface area contributed by atoms with Gasteiger partial charge in [0, 0.05) is 29.5 Å². The number of benzene rings is 1. The minimum absolute atomic E-state index is 0.281. The molecule has 0 aromatic heterocycles. The van der Waals surface area contributed by atoms with Crippen LogP contribution in [0.2, 0.25) is 0 Å². The van der Waals surface area contributed by atoms with Crippen molar-refractivity contribution in [3.63, 3.8) is 0 Å². The van der Waals surface area contributed by atoms with Crippen molar-refractivity contribution in [2.75, 3.05) is 26.3 Å². The van der Waals surface area contributed by atoms with Crippen molar-refractivity contribution >= 4 is 15.9 Å². The van der Waals surface area contributed by atoms with Crippen LogP contribution in [0.3, 0.4) is 0 Å². The Hall–Kier alpha value is -0.490. The molecule has 2 unspecified atom stereocenters. The third-order valence-electron chi connectivity index (χ3n) is 4.52. The third kappa shape index (κ3) is 4.03. The zero-order valence-electron chi connectivity index (χ0n) is 12.6. The van der Waals surface area contributed by atoms with Gasteiger partial charge in [0.1, 0.15) is 5.82 Å². The molecule has 0 spiro atoms. The smallest absolute Gasteiger partial charge is 0.124 e. The Morgan fingerprint density at radius 1 is 1.38 bits per heavy atom. The van der Waals surface area contributed by atoms with Gasteiger partial charge >= 0.3 is 0 Å². The van der Waals surface area contributed by atoms with E-state index in [4.69, 9.17) is 4.74 Å². The van der Waals surface area contributed by atoms with Crippen molar-refractivity contribution in [2.45, 2.75) is 38.3 Å². The van der Waals surface area contributed by atoms with E-state index in [1.54, 1.807) is 0 Å². The largest absolute Gasteiger partial charge is 0.391 e. The second kappa shape index (κ2) is 7.18. The number of hydrogen-bond donors (Lipinski definition) is 1. The Kier molecular flexibility index (Phi) is 5.77. The molecule has 1 aliphatic rings. The van der Waals surface area contributed by atoms with E-state index < -0.39 is 6.10 Å². The van der Waals surface area contributed by atoms with Gasteiger partial charge in [0.25, 0.3) is 0 Å². The quantitative estimate of drug-likeness (QED) is 0.876. The molecule has 2 rings (SSSR count). The summed E-state index contributed by atoms with van der Waals surface area (Å²) in [6.45, 7) is 7.22. The van der Waals surface area contributed by atoms with Gasteiger partial charge in [0.05, 0.1) is 19.3 Å². The van der Waals surface area contributed by atoms with Crippen LogP contribution in [-0.2, 0) is 11.2 Å². The molecule has 1 heterocycles. The molecule has 3 nitrogen and oxygen atoms in total. The lowest BCUT2D eigenvalue weighted by atomic mass is 9.85. The highest BCUT2D eigenvalue weighted by atomic mass is 79.9. The summed E-state index contributed by atoms with van der Waals surface area (Å²) in [5.74, 6) is -0.281. The van der Waals surface area contributed by atoms with Gasteiger partial charge < -0.3 is 9.84 Å². The van der Waals surface area contributed by atoms with E-state index in [9.17, 15) is 9.50 Å². The second-order valence-electron chi connectivity index (χ2n) is 5.81. The van der Waals surface area contributed by atoms with Gasteiger partial charge in [0.15, 0.2) is 0 Å². The summed E-state index contributed by atoms with van der Waals surface area (Å²) >= 11 is 3.30. The van der Waals surface area contributed by atoms with Crippen LogP contribution in [0.1, 0.15) is 25.8 Å². The molecule has 0 aliphatic carbocycles. The van der Waals surface area contributed by atoms with Crippen molar-refractivity contribution in [3.8, 4) is 0 Å². The first kappa shape index (κ1) is 16.9. The number of nitrogens with zero attached hydrogens (tertiary/aromatic N) is 1. The predicted octanol–water partition coefficient (Wildman–Crippen LogP) is 2.99. The molecule has 1 N–H and O–H groups in total. The molecule has 0 radical (unpaired) electrons. The monoisotopic (exact) mass is 359 g/mol. The van der Waals surface area contributed by atoms with E-state index in [0.29, 0.717) is 24.1 Å². The highest BCUT2D eigenvalue weighted by Gasteiger charge is 2.38. The molecule has 0 saturated carbocycles. The summed E-state index contributed by atoms with van der Waals surface area (Å²) in [6, 6.07) is 4.78. The van der Waals surface area contributed by atoms with Crippen LogP contribution in [0.15, 0.2) is 22.7 Å². The molecule has 1 aromatic rings. The number of ether oxygens (including phenoxy) is 1. The number of hydrogen-bond acceptors (Lipinski definition) is 3. The maximum absolute atomic E-state index is 13.5. The molecule has 2 atom stereocenters. The second-order valence-corrected chi connectivity index (χ2v) is 6.72. The molecular formula is C16H23BrFNO2. The fourth-order valence-corrected chi connectivity index (χ4v) is 3.43. The Morgan fingerprint density at radius 3 is 2.62 bits per heavy atom. The van der Waals surface area contributed by atoms with Crippen molar-refractivity contribution in [2.24, 2.45) is 0 Å². The molecule has 5 heteroatoms. The zero-order valence-corrected chi connectivity index (χ0v) is 14.2.